The predicted molar refractivity (Wildman–Crippen MR) is 351 cm³/mol. The highest BCUT2D eigenvalue weighted by atomic mass is 35.5. The summed E-state index contributed by atoms with van der Waals surface area (Å²) in [5, 5.41) is 9.45. The molecule has 79 heavy (non-hydrogen) atoms. The molecule has 0 spiro atoms. The number of piperazine rings is 4. The van der Waals surface area contributed by atoms with Crippen LogP contribution in [0.15, 0.2) is 53.9 Å². The van der Waals surface area contributed by atoms with E-state index in [2.05, 4.69) is 113 Å². The standard InChI is InChI=1S/C22H30ClN3S.C14H16Cl2O.2C8H17N3S.C7H16N2.2CH4/c1-17(2)25-12-14-26(15-13-25)21-24-20(16-27-21)22(10-4-3-5-11-22)18-6-8-19(23)9-7-18;15-10-13(17)14(8-2-1-3-9-14)11-4-6-12(16)7-5-11;2*1-7(2)10-3-5-11(6-4-10)8(9)12;1-7(2)9-5-3-8-4-6-9;;/h6-9,16-17H,3-5,10-15H2,1-2H3;4-7H,1-3,8-10H2;2*7H,3-6H2,1-2H3,(H2,9,12);7-8H,3-6H2,1-2H3;2*1H4. The average Bonchev–Trinajstić information content (AvgIpc) is 3.99. The van der Waals surface area contributed by atoms with Gasteiger partial charge in [-0.1, -0.05) is 101 Å². The van der Waals surface area contributed by atoms with Gasteiger partial charge in [0.1, 0.15) is 0 Å². The number of thiocarbonyl (C=S) groups is 2. The topological polar surface area (TPSA) is 117 Å². The number of anilines is 1. The molecule has 2 saturated carbocycles. The SMILES string of the molecule is C.C.CC(C)N1CCN(C(N)=S)CC1.CC(C)N1CCN(C(N)=S)CC1.CC(C)N1CCN(c2nc(C3(c4ccc(Cl)cc4)CCCCC3)cs2)CC1.CC(C)N1CCNCC1.O=C(CCl)C1(c2ccc(Cl)cc2)CCCCC1. The van der Waals surface area contributed by atoms with Crippen LogP contribution in [0, 0.1) is 0 Å². The number of aromatic nitrogens is 1. The van der Waals surface area contributed by atoms with Crippen molar-refractivity contribution in [3.63, 3.8) is 0 Å². The van der Waals surface area contributed by atoms with Crippen LogP contribution in [0.5, 0.6) is 0 Å². The number of halogens is 3. The summed E-state index contributed by atoms with van der Waals surface area (Å²) in [4.78, 5) is 33.9. The lowest BCUT2D eigenvalue weighted by molar-refractivity contribution is -0.123. The quantitative estimate of drug-likeness (QED) is 0.132. The fraction of sp³-hybridized carbons (Fsp3) is 0.705. The van der Waals surface area contributed by atoms with Crippen molar-refractivity contribution in [3.05, 3.63) is 80.8 Å². The zero-order valence-corrected chi connectivity index (χ0v) is 52.8. The van der Waals surface area contributed by atoms with Gasteiger partial charge in [-0.3, -0.25) is 24.4 Å². The van der Waals surface area contributed by atoms with E-state index in [4.69, 9.17) is 75.7 Å². The maximum absolute atomic E-state index is 12.2. The normalized spacial score (nSPS) is 20.0. The van der Waals surface area contributed by atoms with Gasteiger partial charge in [0.2, 0.25) is 0 Å². The summed E-state index contributed by atoms with van der Waals surface area (Å²) < 4.78 is 0. The Morgan fingerprint density at radius 3 is 1.30 bits per heavy atom. The first kappa shape index (κ1) is 70.9. The van der Waals surface area contributed by atoms with Crippen LogP contribution in [0.1, 0.15) is 151 Å². The number of nitrogens with two attached hydrogens (primary N) is 2. The first-order valence-corrected chi connectivity index (χ1v) is 31.9. The van der Waals surface area contributed by atoms with Crippen molar-refractivity contribution in [2.45, 2.75) is 169 Å². The number of nitrogens with zero attached hydrogens (tertiary/aromatic N) is 8. The summed E-state index contributed by atoms with van der Waals surface area (Å²) in [6.45, 7) is 35.4. The van der Waals surface area contributed by atoms with Crippen molar-refractivity contribution in [3.8, 4) is 0 Å². The molecule has 3 aromatic rings. The number of benzene rings is 2. The van der Waals surface area contributed by atoms with Crippen molar-refractivity contribution in [2.24, 2.45) is 11.5 Å². The number of carbonyl (C=O) groups is 1. The molecule has 0 atom stereocenters. The van der Waals surface area contributed by atoms with E-state index in [1.165, 1.54) is 68.0 Å². The molecule has 4 saturated heterocycles. The molecule has 2 aromatic carbocycles. The van der Waals surface area contributed by atoms with Crippen LogP contribution in [-0.4, -0.2) is 185 Å². The number of nitrogens with one attached hydrogen (secondary N) is 1. The monoisotopic (exact) mass is 1210 g/mol. The largest absolute Gasteiger partial charge is 0.376 e. The Labute approximate surface area is 510 Å². The van der Waals surface area contributed by atoms with Crippen molar-refractivity contribution >= 4 is 91.7 Å². The third kappa shape index (κ3) is 21.3. The molecular formula is C61H104Cl3N11OS3. The highest BCUT2D eigenvalue weighted by Crippen LogP contribution is 2.46. The summed E-state index contributed by atoms with van der Waals surface area (Å²) in [5.41, 5.74) is 14.5. The lowest BCUT2D eigenvalue weighted by atomic mass is 9.67. The van der Waals surface area contributed by atoms with Gasteiger partial charge in [-0.05, 0) is 141 Å². The molecule has 6 fully saturated rings. The van der Waals surface area contributed by atoms with Crippen LogP contribution >= 0.6 is 70.6 Å². The number of rotatable bonds is 10. The molecule has 0 bridgehead atoms. The molecule has 1 aromatic heterocycles. The third-order valence-corrected chi connectivity index (χ3v) is 18.9. The van der Waals surface area contributed by atoms with Gasteiger partial charge in [0.05, 0.1) is 17.0 Å². The van der Waals surface area contributed by atoms with Gasteiger partial charge < -0.3 is 31.5 Å². The van der Waals surface area contributed by atoms with Gasteiger partial charge in [0.25, 0.3) is 0 Å². The first-order chi connectivity index (χ1) is 36.8. The van der Waals surface area contributed by atoms with E-state index < -0.39 is 0 Å². The second-order valence-electron chi connectivity index (χ2n) is 22.8. The van der Waals surface area contributed by atoms with Crippen molar-refractivity contribution < 1.29 is 4.79 Å². The smallest absolute Gasteiger partial charge is 0.185 e. The lowest BCUT2D eigenvalue weighted by Gasteiger charge is -2.38. The van der Waals surface area contributed by atoms with Crippen LogP contribution in [0.2, 0.25) is 10.0 Å². The van der Waals surface area contributed by atoms with Crippen LogP contribution in [-0.2, 0) is 15.6 Å². The van der Waals surface area contributed by atoms with E-state index in [9.17, 15) is 4.79 Å². The lowest BCUT2D eigenvalue weighted by Crippen LogP contribution is -2.52. The second-order valence-corrected chi connectivity index (χ2v) is 25.6. The number of hydrogen-bond donors (Lipinski definition) is 3. The summed E-state index contributed by atoms with van der Waals surface area (Å²) in [6, 6.07) is 18.8. The summed E-state index contributed by atoms with van der Waals surface area (Å²) in [7, 11) is 0. The van der Waals surface area contributed by atoms with E-state index in [0.29, 0.717) is 33.4 Å². The van der Waals surface area contributed by atoms with Gasteiger partial charge in [0, 0.05) is 150 Å². The minimum absolute atomic E-state index is 0. The Morgan fingerprint density at radius 2 is 0.937 bits per heavy atom. The summed E-state index contributed by atoms with van der Waals surface area (Å²) in [6.07, 6.45) is 11.5. The number of alkyl halides is 1. The van der Waals surface area contributed by atoms with Gasteiger partial charge in [0.15, 0.2) is 21.1 Å². The molecule has 2 aliphatic carbocycles. The third-order valence-electron chi connectivity index (χ3n) is 16.8. The molecule has 12 nitrogen and oxygen atoms in total. The Balaban J connectivity index is 0.000000274. The molecule has 18 heteroatoms. The Bertz CT molecular complexity index is 2140. The highest BCUT2D eigenvalue weighted by molar-refractivity contribution is 7.80. The van der Waals surface area contributed by atoms with Crippen molar-refractivity contribution in [1.82, 2.24) is 39.7 Å². The molecule has 5 N–H and O–H groups in total. The Kier molecular flexibility index (Phi) is 32.0. The fourth-order valence-electron chi connectivity index (χ4n) is 11.6. The molecule has 5 heterocycles. The van der Waals surface area contributed by atoms with E-state index in [1.54, 1.807) is 0 Å². The number of hydrogen-bond acceptors (Lipinski definition) is 11. The van der Waals surface area contributed by atoms with Crippen LogP contribution in [0.25, 0.3) is 0 Å². The molecule has 0 radical (unpaired) electrons. The summed E-state index contributed by atoms with van der Waals surface area (Å²) in [5.74, 6) is 0.254. The van der Waals surface area contributed by atoms with Crippen molar-refractivity contribution in [2.75, 3.05) is 115 Å². The number of thiazole rings is 1. The van der Waals surface area contributed by atoms with Crippen LogP contribution < -0.4 is 21.7 Å². The Hall–Kier alpha value is -2.41. The Morgan fingerprint density at radius 1 is 0.570 bits per heavy atom. The zero-order chi connectivity index (χ0) is 56.1. The molecule has 0 unspecified atom stereocenters. The minimum Gasteiger partial charge on any atom is -0.376 e. The summed E-state index contributed by atoms with van der Waals surface area (Å²) >= 11 is 29.5. The van der Waals surface area contributed by atoms with Gasteiger partial charge in [-0.15, -0.1) is 22.9 Å². The zero-order valence-electron chi connectivity index (χ0n) is 48.1. The molecule has 6 aliphatic rings. The number of Topliss-reactive ketones (excluding diaryl/α,β-unsaturated/α-hetero) is 1. The molecule has 0 amide bonds. The molecule has 4 aliphatic heterocycles. The second kappa shape index (κ2) is 35.7. The molecule has 9 rings (SSSR count). The van der Waals surface area contributed by atoms with Crippen LogP contribution in [0.3, 0.4) is 0 Å². The number of ketones is 1. The fourth-order valence-corrected chi connectivity index (χ4v) is 13.4. The minimum atomic E-state index is -0.357. The molecule has 448 valence electrons. The average molecular weight is 1210 g/mol. The maximum atomic E-state index is 12.2. The van der Waals surface area contributed by atoms with Crippen molar-refractivity contribution in [1.29, 1.82) is 0 Å². The van der Waals surface area contributed by atoms with E-state index in [0.717, 1.165) is 134 Å². The number of carbonyl (C=O) groups excluding carboxylic acids is 1. The van der Waals surface area contributed by atoms with Crippen LogP contribution in [0.4, 0.5) is 5.13 Å². The van der Waals surface area contributed by atoms with E-state index in [-0.39, 0.29) is 37.3 Å². The predicted octanol–water partition coefficient (Wildman–Crippen LogP) is 12.0. The van der Waals surface area contributed by atoms with Gasteiger partial charge in [-0.25, -0.2) is 4.98 Å². The van der Waals surface area contributed by atoms with E-state index in [1.807, 2.05) is 47.7 Å². The molecular weight excluding hydrogens is 1110 g/mol. The van der Waals surface area contributed by atoms with Gasteiger partial charge in [-0.2, -0.15) is 0 Å². The van der Waals surface area contributed by atoms with E-state index >= 15 is 0 Å². The maximum Gasteiger partial charge on any atom is 0.185 e. The first-order valence-electron chi connectivity index (χ1n) is 28.9. The highest BCUT2D eigenvalue weighted by Gasteiger charge is 2.41. The van der Waals surface area contributed by atoms with Gasteiger partial charge >= 0.3 is 0 Å².